The van der Waals surface area contributed by atoms with Crippen molar-refractivity contribution in [3.05, 3.63) is 39.2 Å². The van der Waals surface area contributed by atoms with Gasteiger partial charge in [-0.05, 0) is 24.1 Å². The van der Waals surface area contributed by atoms with E-state index in [1.165, 1.54) is 11.9 Å². The summed E-state index contributed by atoms with van der Waals surface area (Å²) >= 11 is 16.7. The van der Waals surface area contributed by atoms with Gasteiger partial charge in [-0.15, -0.1) is 0 Å². The number of anilines is 1. The second kappa shape index (κ2) is 6.19. The van der Waals surface area contributed by atoms with Gasteiger partial charge in [0.05, 0.1) is 22.3 Å². The molecular formula is C11H9BrCl2N2OS. The van der Waals surface area contributed by atoms with Crippen molar-refractivity contribution in [1.29, 1.82) is 0 Å². The molecule has 2 amide bonds. The highest BCUT2D eigenvalue weighted by Gasteiger charge is 2.21. The summed E-state index contributed by atoms with van der Waals surface area (Å²) in [7, 11) is 0. The molecule has 0 saturated heterocycles. The van der Waals surface area contributed by atoms with Gasteiger partial charge in [-0.25, -0.2) is 4.79 Å². The summed E-state index contributed by atoms with van der Waals surface area (Å²) in [5.74, 6) is 0. The van der Waals surface area contributed by atoms with Crippen LogP contribution in [0.5, 0.6) is 0 Å². The largest absolute Gasteiger partial charge is 0.332 e. The summed E-state index contributed by atoms with van der Waals surface area (Å²) in [5, 5.41) is 4.26. The molecular weight excluding hydrogens is 359 g/mol. The highest BCUT2D eigenvalue weighted by atomic mass is 79.9. The molecule has 0 atom stereocenters. The molecule has 96 valence electrons. The van der Waals surface area contributed by atoms with Crippen LogP contribution < -0.4 is 5.32 Å². The van der Waals surface area contributed by atoms with Gasteiger partial charge in [0.15, 0.2) is 0 Å². The number of alkyl halides is 1. The first kappa shape index (κ1) is 14.1. The van der Waals surface area contributed by atoms with E-state index in [1.54, 1.807) is 22.5 Å². The molecule has 2 rings (SSSR count). The molecule has 1 N–H and O–H groups in total. The zero-order valence-electron chi connectivity index (χ0n) is 9.12. The Balaban J connectivity index is 2.02. The maximum Gasteiger partial charge on any atom is 0.332 e. The Morgan fingerprint density at radius 2 is 2.28 bits per heavy atom. The lowest BCUT2D eigenvalue weighted by Gasteiger charge is -2.16. The fourth-order valence-electron chi connectivity index (χ4n) is 1.38. The number of benzene rings is 1. The van der Waals surface area contributed by atoms with Crippen LogP contribution in [0.4, 0.5) is 10.5 Å². The number of rotatable bonds is 2. The highest BCUT2D eigenvalue weighted by molar-refractivity contribution is 9.09. The average molecular weight is 368 g/mol. The quantitative estimate of drug-likeness (QED) is 0.603. The molecule has 1 heterocycles. The summed E-state index contributed by atoms with van der Waals surface area (Å²) in [6.45, 7) is 0.579. The van der Waals surface area contributed by atoms with E-state index in [1.807, 2.05) is 6.08 Å². The van der Waals surface area contributed by atoms with Crippen molar-refractivity contribution < 1.29 is 4.79 Å². The Hall–Kier alpha value is -0.360. The van der Waals surface area contributed by atoms with Crippen molar-refractivity contribution in [2.75, 3.05) is 17.2 Å². The summed E-state index contributed by atoms with van der Waals surface area (Å²) in [4.78, 5) is 13.1. The van der Waals surface area contributed by atoms with Crippen LogP contribution in [0.1, 0.15) is 0 Å². The van der Waals surface area contributed by atoms with Gasteiger partial charge in [0.2, 0.25) is 0 Å². The third-order valence-corrected chi connectivity index (χ3v) is 5.14. The average Bonchev–Trinajstić information content (AvgIpc) is 2.83. The van der Waals surface area contributed by atoms with Crippen molar-refractivity contribution in [1.82, 2.24) is 4.31 Å². The van der Waals surface area contributed by atoms with Gasteiger partial charge in [-0.1, -0.05) is 51.3 Å². The van der Waals surface area contributed by atoms with Crippen molar-refractivity contribution in [2.45, 2.75) is 0 Å². The fraction of sp³-hybridized carbons (Fsp3) is 0.182. The topological polar surface area (TPSA) is 32.3 Å². The van der Waals surface area contributed by atoms with Crippen LogP contribution in [0.3, 0.4) is 0 Å². The molecule has 0 spiro atoms. The molecule has 18 heavy (non-hydrogen) atoms. The van der Waals surface area contributed by atoms with E-state index in [0.717, 1.165) is 10.2 Å². The fourth-order valence-corrected chi connectivity index (χ4v) is 3.02. The minimum absolute atomic E-state index is 0.212. The van der Waals surface area contributed by atoms with E-state index in [0.29, 0.717) is 22.3 Å². The number of hydrogen-bond acceptors (Lipinski definition) is 2. The van der Waals surface area contributed by atoms with Crippen molar-refractivity contribution in [3.8, 4) is 0 Å². The molecule has 1 aliphatic rings. The van der Waals surface area contributed by atoms with E-state index >= 15 is 0 Å². The van der Waals surface area contributed by atoms with Gasteiger partial charge in [0.25, 0.3) is 0 Å². The summed E-state index contributed by atoms with van der Waals surface area (Å²) in [6, 6.07) is 4.92. The smallest absolute Gasteiger partial charge is 0.306 e. The number of amides is 2. The number of carbonyl (C=O) groups is 1. The maximum atomic E-state index is 12.0. The van der Waals surface area contributed by atoms with Crippen LogP contribution >= 0.6 is 51.1 Å². The number of nitrogens with zero attached hydrogens (tertiary/aromatic N) is 1. The van der Waals surface area contributed by atoms with Gasteiger partial charge in [0, 0.05) is 10.2 Å². The van der Waals surface area contributed by atoms with Crippen LogP contribution in [0.15, 0.2) is 29.2 Å². The minimum Gasteiger partial charge on any atom is -0.306 e. The minimum atomic E-state index is -0.212. The lowest BCUT2D eigenvalue weighted by molar-refractivity contribution is 0.241. The SMILES string of the molecule is O=C(Nc1cccc(Cl)c1Cl)N1CC=C(CBr)S1. The molecule has 0 saturated carbocycles. The molecule has 0 radical (unpaired) electrons. The van der Waals surface area contributed by atoms with Crippen LogP contribution in [0.25, 0.3) is 0 Å². The van der Waals surface area contributed by atoms with Gasteiger partial charge < -0.3 is 5.32 Å². The standard InChI is InChI=1S/C11H9BrCl2N2OS/c12-6-7-4-5-16(18-7)11(17)15-9-3-1-2-8(13)10(9)14/h1-4H,5-6H2,(H,15,17). The maximum absolute atomic E-state index is 12.0. The zero-order valence-corrected chi connectivity index (χ0v) is 13.0. The van der Waals surface area contributed by atoms with Gasteiger partial charge >= 0.3 is 6.03 Å². The van der Waals surface area contributed by atoms with E-state index in [2.05, 4.69) is 21.2 Å². The Morgan fingerprint density at radius 3 is 2.94 bits per heavy atom. The van der Waals surface area contributed by atoms with Gasteiger partial charge in [-0.3, -0.25) is 4.31 Å². The first-order valence-corrected chi connectivity index (χ1v) is 7.72. The second-order valence-electron chi connectivity index (χ2n) is 3.49. The number of allylic oxidation sites excluding steroid dienone is 1. The molecule has 3 nitrogen and oxygen atoms in total. The van der Waals surface area contributed by atoms with E-state index in [4.69, 9.17) is 23.2 Å². The number of hydrogen-bond donors (Lipinski definition) is 1. The predicted molar refractivity (Wildman–Crippen MR) is 81.7 cm³/mol. The van der Waals surface area contributed by atoms with Gasteiger partial charge in [-0.2, -0.15) is 0 Å². The Bertz CT molecular complexity index is 510. The van der Waals surface area contributed by atoms with Crippen molar-refractivity contribution in [2.24, 2.45) is 0 Å². The summed E-state index contributed by atoms with van der Waals surface area (Å²) in [6.07, 6.45) is 2.00. The summed E-state index contributed by atoms with van der Waals surface area (Å²) < 4.78 is 1.62. The molecule has 1 aliphatic heterocycles. The zero-order chi connectivity index (χ0) is 13.1. The molecule has 1 aromatic rings. The number of carbonyl (C=O) groups excluding carboxylic acids is 1. The molecule has 0 bridgehead atoms. The van der Waals surface area contributed by atoms with Crippen LogP contribution in [-0.4, -0.2) is 22.2 Å². The Kier molecular flexibility index (Phi) is 4.84. The third-order valence-electron chi connectivity index (χ3n) is 2.26. The molecule has 7 heteroatoms. The molecule has 0 fully saturated rings. The Labute approximate surface area is 128 Å². The first-order chi connectivity index (χ1) is 8.61. The van der Waals surface area contributed by atoms with Gasteiger partial charge in [0.1, 0.15) is 0 Å². The summed E-state index contributed by atoms with van der Waals surface area (Å²) in [5.41, 5.74) is 0.516. The highest BCUT2D eigenvalue weighted by Crippen LogP contribution is 2.32. The molecule has 1 aromatic carbocycles. The van der Waals surface area contributed by atoms with Crippen molar-refractivity contribution >= 4 is 62.8 Å². The normalized spacial score (nSPS) is 14.6. The number of nitrogens with one attached hydrogen (secondary N) is 1. The molecule has 0 aliphatic carbocycles. The molecule has 0 aromatic heterocycles. The second-order valence-corrected chi connectivity index (χ2v) is 5.98. The third kappa shape index (κ3) is 3.15. The molecule has 0 unspecified atom stereocenters. The monoisotopic (exact) mass is 366 g/mol. The van der Waals surface area contributed by atoms with E-state index < -0.39 is 0 Å². The lowest BCUT2D eigenvalue weighted by Crippen LogP contribution is -2.27. The first-order valence-electron chi connectivity index (χ1n) is 5.07. The predicted octanol–water partition coefficient (Wildman–Crippen LogP) is 4.77. The lowest BCUT2D eigenvalue weighted by atomic mass is 10.3. The van der Waals surface area contributed by atoms with Crippen LogP contribution in [0, 0.1) is 0 Å². The van der Waals surface area contributed by atoms with Crippen molar-refractivity contribution in [3.63, 3.8) is 0 Å². The van der Waals surface area contributed by atoms with Crippen LogP contribution in [0.2, 0.25) is 10.0 Å². The Morgan fingerprint density at radius 1 is 1.50 bits per heavy atom. The van der Waals surface area contributed by atoms with E-state index in [-0.39, 0.29) is 6.03 Å². The number of urea groups is 1. The van der Waals surface area contributed by atoms with Crippen LogP contribution in [-0.2, 0) is 0 Å². The van der Waals surface area contributed by atoms with E-state index in [9.17, 15) is 4.79 Å². The number of halogens is 3.